The molecule has 0 unspecified atom stereocenters. The lowest BCUT2D eigenvalue weighted by Gasteiger charge is -2.13. The van der Waals surface area contributed by atoms with Crippen molar-refractivity contribution in [1.29, 1.82) is 0 Å². The van der Waals surface area contributed by atoms with E-state index in [1.807, 2.05) is 23.5 Å². The number of carbonyl (C=O) groups is 2. The average Bonchev–Trinajstić information content (AvgIpc) is 3.77. The highest BCUT2D eigenvalue weighted by molar-refractivity contribution is 8.04. The van der Waals surface area contributed by atoms with Crippen LogP contribution in [-0.4, -0.2) is 32.3 Å². The van der Waals surface area contributed by atoms with Crippen molar-refractivity contribution in [2.45, 2.75) is 87.1 Å². The Hall–Kier alpha value is -5.38. The highest BCUT2D eigenvalue weighted by Gasteiger charge is 2.24. The summed E-state index contributed by atoms with van der Waals surface area (Å²) >= 11 is 3.63. The maximum atomic E-state index is 12.6. The van der Waals surface area contributed by atoms with Crippen molar-refractivity contribution in [2.24, 2.45) is 0 Å². The Bertz CT molecular complexity index is 2390. The van der Waals surface area contributed by atoms with Crippen LogP contribution in [0.15, 0.2) is 141 Å². The minimum absolute atomic E-state index is 0.0832. The Balaban J connectivity index is 0.701. The van der Waals surface area contributed by atoms with Gasteiger partial charge in [0.05, 0.1) is 32.2 Å². The number of fused-ring (bicyclic) bond motifs is 4. The minimum atomic E-state index is 0.0832. The number of amides is 1. The quantitative estimate of drug-likeness (QED) is 0.0688. The number of carbonyl (C=O) groups excluding carboxylic acids is 2. The molecule has 2 aliphatic heterocycles. The molecule has 60 heavy (non-hydrogen) atoms. The maximum absolute atomic E-state index is 12.6. The monoisotopic (exact) mass is 833 g/mol. The van der Waals surface area contributed by atoms with E-state index in [9.17, 15) is 9.59 Å². The molecule has 0 bridgehead atoms. The second-order valence-electron chi connectivity index (χ2n) is 15.8. The van der Waals surface area contributed by atoms with Crippen molar-refractivity contribution < 1.29 is 18.7 Å². The lowest BCUT2D eigenvalue weighted by molar-refractivity contribution is -0.672. The van der Waals surface area contributed by atoms with Crippen LogP contribution in [0.1, 0.15) is 75.3 Å². The van der Waals surface area contributed by atoms with Gasteiger partial charge >= 0.3 is 0 Å². The summed E-state index contributed by atoms with van der Waals surface area (Å²) in [7, 11) is 4.27. The third-order valence-corrected chi connectivity index (χ3v) is 14.0. The molecular weight excluding hydrogens is 779 g/mol. The van der Waals surface area contributed by atoms with Crippen molar-refractivity contribution in [2.75, 3.05) is 30.4 Å². The van der Waals surface area contributed by atoms with Crippen molar-refractivity contribution in [3.63, 3.8) is 0 Å². The molecule has 0 fully saturated rings. The summed E-state index contributed by atoms with van der Waals surface area (Å²) in [4.78, 5) is 32.3. The van der Waals surface area contributed by atoms with Gasteiger partial charge in [0.15, 0.2) is 12.4 Å². The van der Waals surface area contributed by atoms with Gasteiger partial charge in [-0.15, -0.1) is 0 Å². The molecule has 0 atom stereocenters. The lowest BCUT2D eigenvalue weighted by Crippen LogP contribution is -2.34. The fraction of sp³-hybridized carbons (Fsp3) is 0.294. The Labute approximate surface area is 363 Å². The number of ketones is 1. The van der Waals surface area contributed by atoms with Crippen LogP contribution in [0.3, 0.4) is 0 Å². The van der Waals surface area contributed by atoms with Gasteiger partial charge in [0.25, 0.3) is 0 Å². The maximum Gasteiger partial charge on any atom is 0.219 e. The smallest absolute Gasteiger partial charge is 0.219 e. The van der Waals surface area contributed by atoms with E-state index in [-0.39, 0.29) is 5.91 Å². The largest absolute Gasteiger partial charge is 0.356 e. The molecule has 0 radical (unpaired) electrons. The van der Waals surface area contributed by atoms with E-state index in [2.05, 4.69) is 172 Å². The topological polar surface area (TPSA) is 60.4 Å². The number of benzene rings is 4. The molecule has 0 saturated heterocycles. The number of nitrogens with zero attached hydrogens (tertiary/aromatic N) is 4. The zero-order valence-electron chi connectivity index (χ0n) is 34.8. The molecule has 6 aromatic rings. The van der Waals surface area contributed by atoms with Crippen LogP contribution in [-0.2, 0) is 22.7 Å². The number of hydrogen-bond donors (Lipinski definition) is 1. The highest BCUT2D eigenvalue weighted by Crippen LogP contribution is 2.46. The number of Topliss-reactive ketones (excluding diaryl/α,β-unsaturated/α-hetero) is 1. The normalized spacial score (nSPS) is 14.7. The predicted octanol–water partition coefficient (Wildman–Crippen LogP) is 10.9. The van der Waals surface area contributed by atoms with E-state index in [4.69, 9.17) is 0 Å². The molecule has 9 heteroatoms. The lowest BCUT2D eigenvalue weighted by atomic mass is 10.1. The number of para-hydroxylation sites is 4. The van der Waals surface area contributed by atoms with Crippen LogP contribution in [0.2, 0.25) is 0 Å². The van der Waals surface area contributed by atoms with Gasteiger partial charge in [-0.05, 0) is 91.8 Å². The van der Waals surface area contributed by atoms with Crippen molar-refractivity contribution in [3.05, 3.63) is 143 Å². The number of aromatic nitrogens is 2. The summed E-state index contributed by atoms with van der Waals surface area (Å²) in [6, 6.07) is 38.8. The molecule has 1 N–H and O–H groups in total. The first-order chi connectivity index (χ1) is 29.4. The summed E-state index contributed by atoms with van der Waals surface area (Å²) in [5.41, 5.74) is 7.40. The molecular formula is C51H55N5O2S2+2. The molecule has 0 spiro atoms. The van der Waals surface area contributed by atoms with E-state index in [0.717, 1.165) is 51.6 Å². The number of unbranched alkanes of at least 4 members (excludes halogenated alkanes) is 4. The highest BCUT2D eigenvalue weighted by atomic mass is 32.2. The van der Waals surface area contributed by atoms with Gasteiger partial charge in [-0.1, -0.05) is 72.1 Å². The Morgan fingerprint density at radius 3 is 1.55 bits per heavy atom. The van der Waals surface area contributed by atoms with Crippen molar-refractivity contribution in [1.82, 2.24) is 5.32 Å². The van der Waals surface area contributed by atoms with Crippen LogP contribution in [0.4, 0.5) is 11.4 Å². The zero-order chi connectivity index (χ0) is 41.3. The first-order valence-electron chi connectivity index (χ1n) is 21.5. The standard InChI is InChI=1S/C51H54N5O2S2/c1-53-45-24-11-13-26-47(45)59-50(53)36-38-29-34-55(43-22-9-7-20-41(38)43)32-15-3-5-18-40(57)19-17-31-52-49(58)28-6-4-16-33-56-35-30-39(42-21-8-10-23-44(42)56)37-51-54(2)46-25-12-14-27-48(46)60-51/h7-14,20-27,29-30,34-37H,3-6,15-19,28,31-33H2,1-2H3/q+1/p+1. The molecule has 0 aliphatic carbocycles. The summed E-state index contributed by atoms with van der Waals surface area (Å²) in [6.07, 6.45) is 17.2. The van der Waals surface area contributed by atoms with Gasteiger partial charge in [-0.3, -0.25) is 9.59 Å². The summed E-state index contributed by atoms with van der Waals surface area (Å²) in [5.74, 6) is 0.376. The number of hydrogen-bond acceptors (Lipinski definition) is 6. The SMILES string of the molecule is CN1C(=Cc2cc[n+](CCCCCC(=O)CCCNC(=O)CCCCC[n+]3ccc(C=C4Sc5ccccc5N4C)c4ccccc43)c3ccccc23)Sc2ccccc21. The third kappa shape index (κ3) is 9.80. The molecule has 2 aliphatic rings. The fourth-order valence-electron chi connectivity index (χ4n) is 8.27. The molecule has 8 rings (SSSR count). The molecule has 2 aromatic heterocycles. The van der Waals surface area contributed by atoms with E-state index in [1.165, 1.54) is 64.2 Å². The van der Waals surface area contributed by atoms with E-state index >= 15 is 0 Å². The molecule has 4 aromatic carbocycles. The number of nitrogens with one attached hydrogen (secondary N) is 1. The second kappa shape index (κ2) is 19.8. The van der Waals surface area contributed by atoms with Crippen molar-refractivity contribution in [3.8, 4) is 0 Å². The number of pyridine rings is 2. The van der Waals surface area contributed by atoms with Gasteiger partial charge < -0.3 is 15.1 Å². The fourth-order valence-corrected chi connectivity index (χ4v) is 10.5. The van der Waals surface area contributed by atoms with Gasteiger partial charge in [-0.25, -0.2) is 0 Å². The first kappa shape index (κ1) is 41.4. The average molecular weight is 834 g/mol. The first-order valence-corrected chi connectivity index (χ1v) is 23.1. The van der Waals surface area contributed by atoms with Gasteiger partial charge in [0.2, 0.25) is 16.9 Å². The molecule has 7 nitrogen and oxygen atoms in total. The summed E-state index contributed by atoms with van der Waals surface area (Å²) in [6.45, 7) is 2.40. The summed E-state index contributed by atoms with van der Waals surface area (Å²) in [5, 5.41) is 7.99. The predicted molar refractivity (Wildman–Crippen MR) is 250 cm³/mol. The van der Waals surface area contributed by atoms with Crippen LogP contribution in [0, 0.1) is 0 Å². The van der Waals surface area contributed by atoms with Gasteiger partial charge in [-0.2, -0.15) is 9.13 Å². The number of anilines is 2. The minimum Gasteiger partial charge on any atom is -0.356 e. The second-order valence-corrected chi connectivity index (χ2v) is 17.9. The summed E-state index contributed by atoms with van der Waals surface area (Å²) < 4.78 is 4.68. The molecule has 0 saturated carbocycles. The third-order valence-electron chi connectivity index (χ3n) is 11.6. The number of rotatable bonds is 18. The zero-order valence-corrected chi connectivity index (χ0v) is 36.4. The van der Waals surface area contributed by atoms with E-state index in [0.29, 0.717) is 38.0 Å². The Morgan fingerprint density at radius 1 is 0.550 bits per heavy atom. The molecule has 4 heterocycles. The Kier molecular flexibility index (Phi) is 13.6. The van der Waals surface area contributed by atoms with Crippen molar-refractivity contribution >= 4 is 80.5 Å². The molecule has 1 amide bonds. The Morgan fingerprint density at radius 2 is 1.02 bits per heavy atom. The van der Waals surface area contributed by atoms with Crippen LogP contribution < -0.4 is 24.3 Å². The van der Waals surface area contributed by atoms with E-state index in [1.54, 1.807) is 0 Å². The van der Waals surface area contributed by atoms with E-state index < -0.39 is 0 Å². The van der Waals surface area contributed by atoms with Crippen LogP contribution in [0.5, 0.6) is 0 Å². The number of aryl methyl sites for hydroxylation is 2. The van der Waals surface area contributed by atoms with Crippen LogP contribution in [0.25, 0.3) is 34.0 Å². The van der Waals surface area contributed by atoms with Gasteiger partial charge in [0.1, 0.15) is 18.9 Å². The molecule has 306 valence electrons. The number of thioether (sulfide) groups is 2. The van der Waals surface area contributed by atoms with Gasteiger partial charge in [0, 0.05) is 86.8 Å². The van der Waals surface area contributed by atoms with Crippen LogP contribution >= 0.6 is 23.5 Å².